The van der Waals surface area contributed by atoms with E-state index in [-0.39, 0.29) is 5.91 Å². The second-order valence-corrected chi connectivity index (χ2v) is 4.82. The average Bonchev–Trinajstić information content (AvgIpc) is 2.46. The molecule has 0 atom stereocenters. The van der Waals surface area contributed by atoms with Gasteiger partial charge in [0.25, 0.3) is 0 Å². The number of benzene rings is 1. The van der Waals surface area contributed by atoms with Crippen LogP contribution in [0.25, 0.3) is 0 Å². The number of hydrogen-bond donors (Lipinski definition) is 3. The summed E-state index contributed by atoms with van der Waals surface area (Å²) < 4.78 is 0. The number of carbonyl (C=O) groups is 1. The van der Waals surface area contributed by atoms with Gasteiger partial charge in [-0.25, -0.2) is 0 Å². The van der Waals surface area contributed by atoms with Crippen LogP contribution in [-0.2, 0) is 11.2 Å². The van der Waals surface area contributed by atoms with Crippen LogP contribution in [0.1, 0.15) is 32.8 Å². The first-order valence-corrected chi connectivity index (χ1v) is 7.54. The van der Waals surface area contributed by atoms with Gasteiger partial charge in [0, 0.05) is 32.2 Å². The lowest BCUT2D eigenvalue weighted by atomic mass is 10.1. The summed E-state index contributed by atoms with van der Waals surface area (Å²) in [5.41, 5.74) is 2.06. The molecule has 0 bridgehead atoms. The largest absolute Gasteiger partial charge is 0.357 e. The number of guanidine groups is 1. The Balaban J connectivity index is 2.41. The Morgan fingerprint density at radius 1 is 1.14 bits per heavy atom. The second kappa shape index (κ2) is 9.80. The maximum atomic E-state index is 11.0. The molecule has 1 rings (SSSR count). The molecule has 116 valence electrons. The van der Waals surface area contributed by atoms with Crippen molar-refractivity contribution < 1.29 is 4.79 Å². The highest BCUT2D eigenvalue weighted by Gasteiger charge is 1.99. The minimum Gasteiger partial charge on any atom is -0.357 e. The Morgan fingerprint density at radius 2 is 1.86 bits per heavy atom. The molecule has 5 heteroatoms. The van der Waals surface area contributed by atoms with Crippen molar-refractivity contribution in [3.8, 4) is 0 Å². The number of anilines is 1. The smallest absolute Gasteiger partial charge is 0.221 e. The van der Waals surface area contributed by atoms with Gasteiger partial charge in [-0.05, 0) is 37.5 Å². The molecule has 0 unspecified atom stereocenters. The number of nitrogens with one attached hydrogen (secondary N) is 3. The van der Waals surface area contributed by atoms with Crippen LogP contribution in [0.15, 0.2) is 29.3 Å². The second-order valence-electron chi connectivity index (χ2n) is 4.82. The van der Waals surface area contributed by atoms with Crippen LogP contribution >= 0.6 is 0 Å². The van der Waals surface area contributed by atoms with E-state index in [1.807, 2.05) is 24.3 Å². The lowest BCUT2D eigenvalue weighted by Gasteiger charge is -2.11. The lowest BCUT2D eigenvalue weighted by Crippen LogP contribution is -2.38. The predicted molar refractivity (Wildman–Crippen MR) is 88.7 cm³/mol. The van der Waals surface area contributed by atoms with Crippen molar-refractivity contribution in [2.45, 2.75) is 33.6 Å². The molecule has 0 aromatic heterocycles. The van der Waals surface area contributed by atoms with Crippen LogP contribution < -0.4 is 16.0 Å². The highest BCUT2D eigenvalue weighted by molar-refractivity contribution is 5.88. The molecular formula is C16H26N4O. The Hall–Kier alpha value is -2.04. The summed E-state index contributed by atoms with van der Waals surface area (Å²) in [6.45, 7) is 8.21. The molecule has 3 N–H and O–H groups in total. The first-order chi connectivity index (χ1) is 10.2. The zero-order valence-corrected chi connectivity index (χ0v) is 13.2. The van der Waals surface area contributed by atoms with Gasteiger partial charge >= 0.3 is 0 Å². The third-order valence-corrected chi connectivity index (χ3v) is 2.82. The van der Waals surface area contributed by atoms with Crippen molar-refractivity contribution in [2.75, 3.05) is 25.0 Å². The van der Waals surface area contributed by atoms with Crippen LogP contribution in [0.5, 0.6) is 0 Å². The molecule has 0 heterocycles. The van der Waals surface area contributed by atoms with Crippen LogP contribution in [0.2, 0.25) is 0 Å². The van der Waals surface area contributed by atoms with E-state index in [4.69, 9.17) is 0 Å². The van der Waals surface area contributed by atoms with E-state index in [1.54, 1.807) is 0 Å². The summed E-state index contributed by atoms with van der Waals surface area (Å²) in [6.07, 6.45) is 1.96. The number of aliphatic imine (C=N–C) groups is 1. The molecule has 0 aliphatic heterocycles. The molecule has 5 nitrogen and oxygen atoms in total. The SMILES string of the molecule is CCCN=C(NCC)NCCc1ccc(NC(C)=O)cc1. The van der Waals surface area contributed by atoms with E-state index < -0.39 is 0 Å². The van der Waals surface area contributed by atoms with Crippen LogP contribution in [0, 0.1) is 0 Å². The molecular weight excluding hydrogens is 264 g/mol. The van der Waals surface area contributed by atoms with E-state index in [0.717, 1.165) is 44.1 Å². The third-order valence-electron chi connectivity index (χ3n) is 2.82. The van der Waals surface area contributed by atoms with E-state index in [1.165, 1.54) is 12.5 Å². The quantitative estimate of drug-likeness (QED) is 0.532. The highest BCUT2D eigenvalue weighted by atomic mass is 16.1. The molecule has 0 fully saturated rings. The van der Waals surface area contributed by atoms with Gasteiger partial charge in [-0.1, -0.05) is 19.1 Å². The van der Waals surface area contributed by atoms with Crippen LogP contribution in [0.3, 0.4) is 0 Å². The van der Waals surface area contributed by atoms with E-state index in [2.05, 4.69) is 34.8 Å². The number of hydrogen-bond acceptors (Lipinski definition) is 2. The van der Waals surface area contributed by atoms with Crippen molar-refractivity contribution >= 4 is 17.6 Å². The third kappa shape index (κ3) is 7.34. The molecule has 1 aromatic carbocycles. The summed E-state index contributed by atoms with van der Waals surface area (Å²) in [6, 6.07) is 7.91. The standard InChI is InChI=1S/C16H26N4O/c1-4-11-18-16(17-5-2)19-12-10-14-6-8-15(9-7-14)20-13(3)21/h6-9H,4-5,10-12H2,1-3H3,(H,20,21)(H2,17,18,19). The van der Waals surface area contributed by atoms with Gasteiger partial charge in [-0.15, -0.1) is 0 Å². The summed E-state index contributed by atoms with van der Waals surface area (Å²) in [5.74, 6) is 0.820. The summed E-state index contributed by atoms with van der Waals surface area (Å²) in [5, 5.41) is 9.31. The minimum absolute atomic E-state index is 0.0492. The van der Waals surface area contributed by atoms with Crippen molar-refractivity contribution in [3.05, 3.63) is 29.8 Å². The molecule has 1 aromatic rings. The van der Waals surface area contributed by atoms with Gasteiger partial charge in [0.15, 0.2) is 5.96 Å². The van der Waals surface area contributed by atoms with Gasteiger partial charge in [-0.2, -0.15) is 0 Å². The first kappa shape index (κ1) is 17.0. The number of carbonyl (C=O) groups excluding carboxylic acids is 1. The highest BCUT2D eigenvalue weighted by Crippen LogP contribution is 2.09. The summed E-state index contributed by atoms with van der Waals surface area (Å²) >= 11 is 0. The maximum Gasteiger partial charge on any atom is 0.221 e. The molecule has 0 saturated carbocycles. The Morgan fingerprint density at radius 3 is 2.43 bits per heavy atom. The van der Waals surface area contributed by atoms with Crippen molar-refractivity contribution in [2.24, 2.45) is 4.99 Å². The lowest BCUT2D eigenvalue weighted by molar-refractivity contribution is -0.114. The van der Waals surface area contributed by atoms with E-state index in [0.29, 0.717) is 0 Å². The normalized spacial score (nSPS) is 11.1. The van der Waals surface area contributed by atoms with Crippen molar-refractivity contribution in [3.63, 3.8) is 0 Å². The monoisotopic (exact) mass is 290 g/mol. The summed E-state index contributed by atoms with van der Waals surface area (Å²) in [7, 11) is 0. The average molecular weight is 290 g/mol. The van der Waals surface area contributed by atoms with E-state index >= 15 is 0 Å². The Labute approximate surface area is 127 Å². The zero-order valence-electron chi connectivity index (χ0n) is 13.2. The zero-order chi connectivity index (χ0) is 15.5. The summed E-state index contributed by atoms with van der Waals surface area (Å²) in [4.78, 5) is 15.4. The van der Waals surface area contributed by atoms with E-state index in [9.17, 15) is 4.79 Å². The Bertz CT molecular complexity index is 454. The fourth-order valence-electron chi connectivity index (χ4n) is 1.85. The molecule has 1 amide bonds. The molecule has 0 spiro atoms. The minimum atomic E-state index is -0.0492. The Kier molecular flexibility index (Phi) is 7.94. The fraction of sp³-hybridized carbons (Fsp3) is 0.500. The fourth-order valence-corrected chi connectivity index (χ4v) is 1.85. The topological polar surface area (TPSA) is 65.5 Å². The predicted octanol–water partition coefficient (Wildman–Crippen LogP) is 2.15. The maximum absolute atomic E-state index is 11.0. The van der Waals surface area contributed by atoms with Crippen LogP contribution in [-0.4, -0.2) is 31.5 Å². The number of nitrogens with zero attached hydrogens (tertiary/aromatic N) is 1. The molecule has 0 aliphatic rings. The molecule has 0 aliphatic carbocycles. The van der Waals surface area contributed by atoms with Gasteiger partial charge in [0.1, 0.15) is 0 Å². The van der Waals surface area contributed by atoms with Crippen LogP contribution in [0.4, 0.5) is 5.69 Å². The first-order valence-electron chi connectivity index (χ1n) is 7.54. The van der Waals surface area contributed by atoms with Gasteiger partial charge in [0.05, 0.1) is 0 Å². The number of rotatable bonds is 7. The molecule has 0 saturated heterocycles. The van der Waals surface area contributed by atoms with Gasteiger partial charge in [0.2, 0.25) is 5.91 Å². The van der Waals surface area contributed by atoms with Gasteiger partial charge in [-0.3, -0.25) is 9.79 Å². The van der Waals surface area contributed by atoms with Crippen molar-refractivity contribution in [1.82, 2.24) is 10.6 Å². The number of amides is 1. The van der Waals surface area contributed by atoms with Crippen molar-refractivity contribution in [1.29, 1.82) is 0 Å². The van der Waals surface area contributed by atoms with Gasteiger partial charge < -0.3 is 16.0 Å². The molecule has 21 heavy (non-hydrogen) atoms. The molecule has 0 radical (unpaired) electrons.